The minimum atomic E-state index is -0.515. The predicted molar refractivity (Wildman–Crippen MR) is 72.6 cm³/mol. The molecule has 1 N–H and O–H groups in total. The van der Waals surface area contributed by atoms with E-state index in [1.54, 1.807) is 0 Å². The molecule has 0 radical (unpaired) electrons. The second-order valence-electron chi connectivity index (χ2n) is 5.04. The van der Waals surface area contributed by atoms with Gasteiger partial charge in [0.2, 0.25) is 11.8 Å². The Balaban J connectivity index is 2.37. The molecule has 1 aliphatic heterocycles. The number of halogens is 1. The molecule has 6 heteroatoms. The van der Waals surface area contributed by atoms with Crippen molar-refractivity contribution in [3.05, 3.63) is 0 Å². The van der Waals surface area contributed by atoms with Gasteiger partial charge in [-0.1, -0.05) is 15.9 Å². The van der Waals surface area contributed by atoms with E-state index in [2.05, 4.69) is 21.2 Å². The average molecular weight is 321 g/mol. The van der Waals surface area contributed by atoms with Crippen LogP contribution < -0.4 is 5.32 Å². The van der Waals surface area contributed by atoms with E-state index < -0.39 is 4.32 Å². The molecule has 1 heterocycles. The lowest BCUT2D eigenvalue weighted by atomic mass is 10.0. The Bertz CT molecular complexity index is 307. The number of likely N-dealkylation sites (tertiary alicyclic amines) is 1. The maximum atomic E-state index is 12.0. The zero-order chi connectivity index (χ0) is 13.8. The van der Waals surface area contributed by atoms with Crippen molar-refractivity contribution >= 4 is 27.7 Å². The van der Waals surface area contributed by atoms with E-state index in [-0.39, 0.29) is 24.5 Å². The highest BCUT2D eigenvalue weighted by Crippen LogP contribution is 2.22. The van der Waals surface area contributed by atoms with Gasteiger partial charge in [-0.2, -0.15) is 0 Å². The Kier molecular flexibility index (Phi) is 5.59. The van der Waals surface area contributed by atoms with Crippen LogP contribution in [0, 0.1) is 0 Å². The summed E-state index contributed by atoms with van der Waals surface area (Å²) in [6.45, 7) is 5.16. The van der Waals surface area contributed by atoms with E-state index >= 15 is 0 Å². The third kappa shape index (κ3) is 4.57. The quantitative estimate of drug-likeness (QED) is 0.783. The number of hydrogen-bond donors (Lipinski definition) is 1. The van der Waals surface area contributed by atoms with E-state index in [9.17, 15) is 9.59 Å². The number of methoxy groups -OCH3 is 1. The number of piperidine rings is 1. The topological polar surface area (TPSA) is 58.6 Å². The highest BCUT2D eigenvalue weighted by atomic mass is 79.9. The molecule has 1 aliphatic rings. The molecule has 0 aromatic carbocycles. The molecule has 0 atom stereocenters. The molecule has 1 fully saturated rings. The number of alkyl halides is 1. The van der Waals surface area contributed by atoms with Crippen LogP contribution in [0.1, 0.15) is 26.7 Å². The Morgan fingerprint density at radius 3 is 2.39 bits per heavy atom. The molecular weight excluding hydrogens is 300 g/mol. The Labute approximate surface area is 116 Å². The average Bonchev–Trinajstić information content (AvgIpc) is 2.28. The van der Waals surface area contributed by atoms with Crippen molar-refractivity contribution in [1.82, 2.24) is 10.2 Å². The van der Waals surface area contributed by atoms with Gasteiger partial charge in [0.05, 0.1) is 4.32 Å². The molecule has 0 unspecified atom stereocenters. The smallest absolute Gasteiger partial charge is 0.246 e. The van der Waals surface area contributed by atoms with Gasteiger partial charge in [-0.05, 0) is 26.7 Å². The minimum absolute atomic E-state index is 0.0908. The van der Waals surface area contributed by atoms with Gasteiger partial charge in [-0.15, -0.1) is 0 Å². The van der Waals surface area contributed by atoms with Crippen molar-refractivity contribution in [2.75, 3.05) is 26.8 Å². The minimum Gasteiger partial charge on any atom is -0.375 e. The first-order valence-corrected chi connectivity index (χ1v) is 6.90. The predicted octanol–water partition coefficient (Wildman–Crippen LogP) is 0.914. The van der Waals surface area contributed by atoms with Crippen molar-refractivity contribution in [2.45, 2.75) is 37.1 Å². The van der Waals surface area contributed by atoms with Gasteiger partial charge in [0, 0.05) is 26.2 Å². The normalized spacial score (nSPS) is 17.7. The molecule has 0 bridgehead atoms. The molecule has 2 amide bonds. The van der Waals surface area contributed by atoms with Crippen LogP contribution in [0.4, 0.5) is 0 Å². The van der Waals surface area contributed by atoms with Crippen molar-refractivity contribution in [2.24, 2.45) is 0 Å². The van der Waals surface area contributed by atoms with Gasteiger partial charge in [-0.3, -0.25) is 9.59 Å². The first-order chi connectivity index (χ1) is 8.34. The summed E-state index contributed by atoms with van der Waals surface area (Å²) in [6, 6.07) is 0.148. The van der Waals surface area contributed by atoms with Crippen LogP contribution in [0.3, 0.4) is 0 Å². The summed E-state index contributed by atoms with van der Waals surface area (Å²) in [7, 11) is 1.50. The van der Waals surface area contributed by atoms with Crippen LogP contribution in [0.2, 0.25) is 0 Å². The summed E-state index contributed by atoms with van der Waals surface area (Å²) in [5.41, 5.74) is 0. The van der Waals surface area contributed by atoms with Gasteiger partial charge in [0.25, 0.3) is 0 Å². The summed E-state index contributed by atoms with van der Waals surface area (Å²) >= 11 is 3.38. The van der Waals surface area contributed by atoms with Crippen LogP contribution in [0.5, 0.6) is 0 Å². The lowest BCUT2D eigenvalue weighted by molar-refractivity contribution is -0.134. The molecule has 1 rings (SSSR count). The number of ether oxygens (including phenoxy) is 1. The molecule has 1 saturated heterocycles. The Hall–Kier alpha value is -0.620. The maximum Gasteiger partial charge on any atom is 0.246 e. The van der Waals surface area contributed by atoms with Crippen LogP contribution in [-0.2, 0) is 14.3 Å². The van der Waals surface area contributed by atoms with Crippen molar-refractivity contribution in [3.63, 3.8) is 0 Å². The number of amides is 2. The first-order valence-electron chi connectivity index (χ1n) is 6.11. The fourth-order valence-electron chi connectivity index (χ4n) is 2.00. The zero-order valence-corrected chi connectivity index (χ0v) is 12.7. The summed E-state index contributed by atoms with van der Waals surface area (Å²) in [5, 5.41) is 2.90. The number of carbonyl (C=O) groups is 2. The third-order valence-electron chi connectivity index (χ3n) is 2.93. The van der Waals surface area contributed by atoms with E-state index in [0.29, 0.717) is 13.1 Å². The first kappa shape index (κ1) is 15.4. The fourth-order valence-corrected chi connectivity index (χ4v) is 2.25. The maximum absolute atomic E-state index is 12.0. The van der Waals surface area contributed by atoms with E-state index in [4.69, 9.17) is 4.74 Å². The molecule has 5 nitrogen and oxygen atoms in total. The van der Waals surface area contributed by atoms with Crippen LogP contribution in [0.25, 0.3) is 0 Å². The Morgan fingerprint density at radius 1 is 1.39 bits per heavy atom. The highest BCUT2D eigenvalue weighted by Gasteiger charge is 2.31. The lowest BCUT2D eigenvalue weighted by Crippen LogP contribution is -2.50. The highest BCUT2D eigenvalue weighted by molar-refractivity contribution is 9.10. The van der Waals surface area contributed by atoms with Crippen molar-refractivity contribution in [1.29, 1.82) is 0 Å². The number of rotatable bonds is 4. The molecular formula is C12H21BrN2O3. The van der Waals surface area contributed by atoms with Gasteiger partial charge in [0.15, 0.2) is 0 Å². The molecule has 0 saturated carbocycles. The number of nitrogens with zero attached hydrogens (tertiary/aromatic N) is 1. The summed E-state index contributed by atoms with van der Waals surface area (Å²) in [5.74, 6) is 0.00673. The van der Waals surface area contributed by atoms with E-state index in [0.717, 1.165) is 12.8 Å². The monoisotopic (exact) mass is 320 g/mol. The van der Waals surface area contributed by atoms with E-state index in [1.165, 1.54) is 7.11 Å². The SMILES string of the molecule is COCC(=O)NC1CCN(C(=O)C(C)(C)Br)CC1. The summed E-state index contributed by atoms with van der Waals surface area (Å²) in [6.07, 6.45) is 1.59. The van der Waals surface area contributed by atoms with Crippen molar-refractivity contribution in [3.8, 4) is 0 Å². The zero-order valence-electron chi connectivity index (χ0n) is 11.2. The second kappa shape index (κ2) is 6.52. The lowest BCUT2D eigenvalue weighted by Gasteiger charge is -2.35. The van der Waals surface area contributed by atoms with E-state index in [1.807, 2.05) is 18.7 Å². The third-order valence-corrected chi connectivity index (χ3v) is 3.27. The molecule has 0 aromatic rings. The second-order valence-corrected chi connectivity index (χ2v) is 7.02. The molecule has 18 heavy (non-hydrogen) atoms. The number of carbonyl (C=O) groups excluding carboxylic acids is 2. The number of hydrogen-bond acceptors (Lipinski definition) is 3. The summed E-state index contributed by atoms with van der Waals surface area (Å²) < 4.78 is 4.25. The molecule has 0 spiro atoms. The van der Waals surface area contributed by atoms with Crippen LogP contribution >= 0.6 is 15.9 Å². The van der Waals surface area contributed by atoms with Gasteiger partial charge in [-0.25, -0.2) is 0 Å². The van der Waals surface area contributed by atoms with Gasteiger partial charge < -0.3 is 15.0 Å². The fraction of sp³-hybridized carbons (Fsp3) is 0.833. The Morgan fingerprint density at radius 2 is 1.94 bits per heavy atom. The van der Waals surface area contributed by atoms with Crippen LogP contribution in [0.15, 0.2) is 0 Å². The number of nitrogens with one attached hydrogen (secondary N) is 1. The molecule has 0 aromatic heterocycles. The molecule has 0 aliphatic carbocycles. The largest absolute Gasteiger partial charge is 0.375 e. The van der Waals surface area contributed by atoms with Crippen molar-refractivity contribution < 1.29 is 14.3 Å². The van der Waals surface area contributed by atoms with Gasteiger partial charge >= 0.3 is 0 Å². The summed E-state index contributed by atoms with van der Waals surface area (Å²) in [4.78, 5) is 25.2. The van der Waals surface area contributed by atoms with Crippen LogP contribution in [-0.4, -0.2) is 53.9 Å². The molecule has 104 valence electrons. The van der Waals surface area contributed by atoms with Gasteiger partial charge in [0.1, 0.15) is 6.61 Å². The standard InChI is InChI=1S/C12H21BrN2O3/c1-12(2,13)11(17)15-6-4-9(5-7-15)14-10(16)8-18-3/h9H,4-8H2,1-3H3,(H,14,16).